The molecule has 1 aromatic heterocycles. The van der Waals surface area contributed by atoms with Gasteiger partial charge in [-0.1, -0.05) is 48.2 Å². The molecule has 0 saturated heterocycles. The molecule has 0 aliphatic carbocycles. The SMILES string of the molecule is COc1ccc(CCn2c(SCC(=O)Nc3ccccc3C)nc3ccccc3c2=O)cc1OC. The molecule has 0 fully saturated rings. The Bertz CT molecular complexity index is 1420. The van der Waals surface area contributed by atoms with Crippen LogP contribution in [0.3, 0.4) is 0 Å². The number of carbonyl (C=O) groups excluding carboxylic acids is 1. The van der Waals surface area contributed by atoms with E-state index in [2.05, 4.69) is 5.32 Å². The Hall–Kier alpha value is -3.78. The zero-order chi connectivity index (χ0) is 24.8. The maximum atomic E-state index is 13.3. The number of hydrogen-bond donors (Lipinski definition) is 1. The van der Waals surface area contributed by atoms with E-state index < -0.39 is 0 Å². The molecule has 0 atom stereocenters. The number of amides is 1. The minimum absolute atomic E-state index is 0.127. The summed E-state index contributed by atoms with van der Waals surface area (Å²) in [6, 6.07) is 20.6. The third kappa shape index (κ3) is 5.66. The Morgan fingerprint density at radius 2 is 1.74 bits per heavy atom. The van der Waals surface area contributed by atoms with E-state index in [1.165, 1.54) is 11.8 Å². The Labute approximate surface area is 208 Å². The molecule has 0 unspecified atom stereocenters. The molecule has 0 aliphatic heterocycles. The summed E-state index contributed by atoms with van der Waals surface area (Å²) >= 11 is 1.25. The average Bonchev–Trinajstić information content (AvgIpc) is 2.88. The lowest BCUT2D eigenvalue weighted by Crippen LogP contribution is -2.25. The predicted molar refractivity (Wildman–Crippen MR) is 140 cm³/mol. The van der Waals surface area contributed by atoms with Gasteiger partial charge in [0, 0.05) is 12.2 Å². The molecule has 4 aromatic rings. The monoisotopic (exact) mass is 489 g/mol. The van der Waals surface area contributed by atoms with Crippen molar-refractivity contribution in [1.82, 2.24) is 9.55 Å². The number of aryl methyl sites for hydroxylation is 2. The van der Waals surface area contributed by atoms with E-state index in [4.69, 9.17) is 14.5 Å². The lowest BCUT2D eigenvalue weighted by atomic mass is 10.1. The summed E-state index contributed by atoms with van der Waals surface area (Å²) in [4.78, 5) is 30.7. The van der Waals surface area contributed by atoms with Crippen LogP contribution >= 0.6 is 11.8 Å². The minimum atomic E-state index is -0.154. The smallest absolute Gasteiger partial charge is 0.262 e. The van der Waals surface area contributed by atoms with Crippen LogP contribution in [0.2, 0.25) is 0 Å². The molecular weight excluding hydrogens is 462 g/mol. The third-order valence-electron chi connectivity index (χ3n) is 5.65. The van der Waals surface area contributed by atoms with E-state index in [0.29, 0.717) is 40.5 Å². The van der Waals surface area contributed by atoms with Gasteiger partial charge in [0.25, 0.3) is 5.56 Å². The van der Waals surface area contributed by atoms with Crippen LogP contribution < -0.4 is 20.3 Å². The standard InChI is InChI=1S/C27H27N3O4S/c1-18-8-4-6-10-21(18)28-25(31)17-35-27-29-22-11-7-5-9-20(22)26(32)30(27)15-14-19-12-13-23(33-2)24(16-19)34-3/h4-13,16H,14-15,17H2,1-3H3,(H,28,31). The Balaban J connectivity index is 1.57. The van der Waals surface area contributed by atoms with Crippen LogP contribution in [0.5, 0.6) is 11.5 Å². The highest BCUT2D eigenvalue weighted by molar-refractivity contribution is 7.99. The first-order valence-corrected chi connectivity index (χ1v) is 12.2. The second-order valence-electron chi connectivity index (χ2n) is 7.96. The molecule has 0 saturated carbocycles. The van der Waals surface area contributed by atoms with Gasteiger partial charge in [0.1, 0.15) is 0 Å². The summed E-state index contributed by atoms with van der Waals surface area (Å²) in [5.41, 5.74) is 3.24. The van der Waals surface area contributed by atoms with Crippen LogP contribution in [-0.2, 0) is 17.8 Å². The van der Waals surface area contributed by atoms with Crippen LogP contribution in [0.4, 0.5) is 5.69 Å². The Morgan fingerprint density at radius 1 is 1.00 bits per heavy atom. The van der Waals surface area contributed by atoms with Crippen molar-refractivity contribution in [1.29, 1.82) is 0 Å². The highest BCUT2D eigenvalue weighted by Gasteiger charge is 2.14. The lowest BCUT2D eigenvalue weighted by Gasteiger charge is -2.14. The van der Waals surface area contributed by atoms with Crippen LogP contribution in [0, 0.1) is 6.92 Å². The number of thioether (sulfide) groups is 1. The molecule has 1 N–H and O–H groups in total. The number of benzene rings is 3. The van der Waals surface area contributed by atoms with Gasteiger partial charge in [-0.15, -0.1) is 0 Å². The van der Waals surface area contributed by atoms with Gasteiger partial charge in [-0.05, 0) is 54.8 Å². The van der Waals surface area contributed by atoms with Crippen molar-refractivity contribution in [3.05, 3.63) is 88.2 Å². The molecule has 4 rings (SSSR count). The van der Waals surface area contributed by atoms with Crippen molar-refractivity contribution >= 4 is 34.3 Å². The topological polar surface area (TPSA) is 82.5 Å². The number of para-hydroxylation sites is 2. The first kappa shape index (κ1) is 24.3. The largest absolute Gasteiger partial charge is 0.493 e. The quantitative estimate of drug-likeness (QED) is 0.271. The van der Waals surface area contributed by atoms with Gasteiger partial charge in [-0.2, -0.15) is 0 Å². The number of anilines is 1. The molecule has 0 aliphatic rings. The van der Waals surface area contributed by atoms with Gasteiger partial charge in [0.2, 0.25) is 5.91 Å². The normalized spacial score (nSPS) is 10.8. The molecule has 1 heterocycles. The number of nitrogens with one attached hydrogen (secondary N) is 1. The Kier molecular flexibility index (Phi) is 7.72. The fourth-order valence-corrected chi connectivity index (χ4v) is 4.59. The van der Waals surface area contributed by atoms with E-state index in [9.17, 15) is 9.59 Å². The molecule has 35 heavy (non-hydrogen) atoms. The van der Waals surface area contributed by atoms with Gasteiger partial charge in [0.15, 0.2) is 16.7 Å². The van der Waals surface area contributed by atoms with Gasteiger partial charge in [0.05, 0.1) is 30.9 Å². The first-order valence-electron chi connectivity index (χ1n) is 11.2. The number of rotatable bonds is 9. The van der Waals surface area contributed by atoms with E-state index in [0.717, 1.165) is 16.8 Å². The first-order chi connectivity index (χ1) is 17.0. The molecule has 1 amide bonds. The minimum Gasteiger partial charge on any atom is -0.493 e. The molecule has 180 valence electrons. The summed E-state index contributed by atoms with van der Waals surface area (Å²) in [6.07, 6.45) is 0.587. The van der Waals surface area contributed by atoms with Crippen molar-refractivity contribution in [2.45, 2.75) is 25.0 Å². The fourth-order valence-electron chi connectivity index (χ4n) is 3.76. The second kappa shape index (κ2) is 11.1. The third-order valence-corrected chi connectivity index (χ3v) is 6.63. The van der Waals surface area contributed by atoms with E-state index >= 15 is 0 Å². The fraction of sp³-hybridized carbons (Fsp3) is 0.222. The van der Waals surface area contributed by atoms with Crippen molar-refractivity contribution < 1.29 is 14.3 Å². The number of carbonyl (C=O) groups is 1. The lowest BCUT2D eigenvalue weighted by molar-refractivity contribution is -0.113. The van der Waals surface area contributed by atoms with Gasteiger partial charge in [-0.25, -0.2) is 4.98 Å². The maximum absolute atomic E-state index is 13.3. The van der Waals surface area contributed by atoms with E-state index in [-0.39, 0.29) is 17.2 Å². The van der Waals surface area contributed by atoms with Crippen LogP contribution in [0.15, 0.2) is 76.7 Å². The van der Waals surface area contributed by atoms with Gasteiger partial charge < -0.3 is 14.8 Å². The maximum Gasteiger partial charge on any atom is 0.262 e. The highest BCUT2D eigenvalue weighted by Crippen LogP contribution is 2.28. The molecule has 0 spiro atoms. The molecular formula is C27H27N3O4S. The van der Waals surface area contributed by atoms with Crippen LogP contribution in [-0.4, -0.2) is 35.4 Å². The summed E-state index contributed by atoms with van der Waals surface area (Å²) in [7, 11) is 3.19. The zero-order valence-corrected chi connectivity index (χ0v) is 20.7. The summed E-state index contributed by atoms with van der Waals surface area (Å²) in [5, 5.41) is 3.99. The van der Waals surface area contributed by atoms with Crippen molar-refractivity contribution in [3.63, 3.8) is 0 Å². The van der Waals surface area contributed by atoms with Crippen molar-refractivity contribution in [3.8, 4) is 11.5 Å². The highest BCUT2D eigenvalue weighted by atomic mass is 32.2. The number of fused-ring (bicyclic) bond motifs is 1. The predicted octanol–water partition coefficient (Wildman–Crippen LogP) is 4.70. The van der Waals surface area contributed by atoms with E-state index in [1.807, 2.05) is 67.6 Å². The molecule has 3 aromatic carbocycles. The van der Waals surface area contributed by atoms with Crippen molar-refractivity contribution in [2.24, 2.45) is 0 Å². The van der Waals surface area contributed by atoms with Gasteiger partial charge in [-0.3, -0.25) is 14.2 Å². The number of ether oxygens (including phenoxy) is 2. The number of nitrogens with zero attached hydrogens (tertiary/aromatic N) is 2. The second-order valence-corrected chi connectivity index (χ2v) is 8.90. The summed E-state index contributed by atoms with van der Waals surface area (Å²) in [6.45, 7) is 2.35. The van der Waals surface area contributed by atoms with Crippen LogP contribution in [0.1, 0.15) is 11.1 Å². The molecule has 0 bridgehead atoms. The van der Waals surface area contributed by atoms with E-state index in [1.54, 1.807) is 24.9 Å². The van der Waals surface area contributed by atoms with Crippen molar-refractivity contribution in [2.75, 3.05) is 25.3 Å². The summed E-state index contributed by atoms with van der Waals surface area (Å²) < 4.78 is 12.4. The van der Waals surface area contributed by atoms with Gasteiger partial charge >= 0.3 is 0 Å². The summed E-state index contributed by atoms with van der Waals surface area (Å²) in [5.74, 6) is 1.27. The molecule has 0 radical (unpaired) electrons. The average molecular weight is 490 g/mol. The Morgan fingerprint density at radius 3 is 2.51 bits per heavy atom. The molecule has 7 nitrogen and oxygen atoms in total. The number of methoxy groups -OCH3 is 2. The number of aromatic nitrogens is 2. The van der Waals surface area contributed by atoms with Crippen LogP contribution in [0.25, 0.3) is 10.9 Å². The number of hydrogen-bond acceptors (Lipinski definition) is 6. The molecule has 8 heteroatoms. The zero-order valence-electron chi connectivity index (χ0n) is 19.9.